The lowest BCUT2D eigenvalue weighted by Gasteiger charge is -2.23. The second-order valence-electron chi connectivity index (χ2n) is 5.99. The summed E-state index contributed by atoms with van der Waals surface area (Å²) in [6, 6.07) is 5.87. The highest BCUT2D eigenvalue weighted by Gasteiger charge is 2.16. The van der Waals surface area contributed by atoms with Gasteiger partial charge < -0.3 is 10.6 Å². The van der Waals surface area contributed by atoms with E-state index in [0.717, 1.165) is 30.4 Å². The van der Waals surface area contributed by atoms with Gasteiger partial charge in [0.05, 0.1) is 6.54 Å². The van der Waals surface area contributed by atoms with Gasteiger partial charge >= 0.3 is 0 Å². The van der Waals surface area contributed by atoms with Crippen molar-refractivity contribution >= 4 is 17.7 Å². The number of nitrogens with zero attached hydrogens (tertiary/aromatic N) is 4. The van der Waals surface area contributed by atoms with Crippen LogP contribution in [-0.2, 0) is 6.54 Å². The number of thioether (sulfide) groups is 1. The van der Waals surface area contributed by atoms with Crippen molar-refractivity contribution in [1.29, 1.82) is 0 Å². The maximum atomic E-state index is 4.67. The van der Waals surface area contributed by atoms with Crippen molar-refractivity contribution in [3.05, 3.63) is 42.4 Å². The van der Waals surface area contributed by atoms with Crippen molar-refractivity contribution in [3.63, 3.8) is 0 Å². The van der Waals surface area contributed by atoms with E-state index in [9.17, 15) is 0 Å². The van der Waals surface area contributed by atoms with Crippen LogP contribution in [0.5, 0.6) is 0 Å². The molecule has 0 aliphatic heterocycles. The van der Waals surface area contributed by atoms with E-state index >= 15 is 0 Å². The van der Waals surface area contributed by atoms with E-state index in [2.05, 4.69) is 52.7 Å². The van der Waals surface area contributed by atoms with Gasteiger partial charge in [0.1, 0.15) is 0 Å². The number of nitrogens with one attached hydrogen (secondary N) is 2. The number of aliphatic imine (C=N–C) groups is 1. The third-order valence-corrected chi connectivity index (χ3v) is 4.80. The molecule has 7 heteroatoms. The number of pyridine rings is 1. The van der Waals surface area contributed by atoms with Crippen molar-refractivity contribution in [3.8, 4) is 5.82 Å². The summed E-state index contributed by atoms with van der Waals surface area (Å²) in [4.78, 5) is 9.01. The summed E-state index contributed by atoms with van der Waals surface area (Å²) in [5.41, 5.74) is 1.09. The molecule has 0 unspecified atom stereocenters. The first-order valence-electron chi connectivity index (χ1n) is 8.06. The van der Waals surface area contributed by atoms with Crippen LogP contribution in [0.15, 0.2) is 41.8 Å². The Balaban J connectivity index is 2.04. The molecular weight excluding hydrogens is 320 g/mol. The molecule has 0 saturated carbocycles. The van der Waals surface area contributed by atoms with E-state index < -0.39 is 0 Å². The van der Waals surface area contributed by atoms with Gasteiger partial charge in [0.25, 0.3) is 0 Å². The van der Waals surface area contributed by atoms with Crippen molar-refractivity contribution in [2.75, 3.05) is 19.3 Å². The molecule has 24 heavy (non-hydrogen) atoms. The van der Waals surface area contributed by atoms with Gasteiger partial charge in [0.2, 0.25) is 0 Å². The molecule has 130 valence electrons. The fraction of sp³-hybridized carbons (Fsp3) is 0.471. The van der Waals surface area contributed by atoms with Gasteiger partial charge in [-0.3, -0.25) is 0 Å². The molecule has 2 rings (SSSR count). The van der Waals surface area contributed by atoms with Gasteiger partial charge in [-0.05, 0) is 50.8 Å². The maximum Gasteiger partial charge on any atom is 0.191 e. The summed E-state index contributed by atoms with van der Waals surface area (Å²) in [5, 5.41) is 10.9. The zero-order valence-corrected chi connectivity index (χ0v) is 15.6. The van der Waals surface area contributed by atoms with Crippen LogP contribution in [0.3, 0.4) is 0 Å². The third kappa shape index (κ3) is 5.56. The van der Waals surface area contributed by atoms with E-state index in [0.29, 0.717) is 6.54 Å². The standard InChI is InChI=1S/C17H26N6S/c1-5-18-16(21-13-17(2,3)24-4)20-12-14-7-9-19-15(11-14)23-10-6-8-22-23/h6-11H,5,12-13H2,1-4H3,(H2,18,20,21). The monoisotopic (exact) mass is 346 g/mol. The van der Waals surface area contributed by atoms with Crippen molar-refractivity contribution in [2.24, 2.45) is 4.99 Å². The van der Waals surface area contributed by atoms with Gasteiger partial charge in [-0.2, -0.15) is 16.9 Å². The summed E-state index contributed by atoms with van der Waals surface area (Å²) in [6.45, 7) is 8.78. The first-order chi connectivity index (χ1) is 11.5. The summed E-state index contributed by atoms with van der Waals surface area (Å²) < 4.78 is 1.91. The third-order valence-electron chi connectivity index (χ3n) is 3.55. The molecule has 0 amide bonds. The molecule has 0 atom stereocenters. The molecule has 6 nitrogen and oxygen atoms in total. The SMILES string of the molecule is CCNC(=NCc1ccnc(-n2cccn2)c1)NCC(C)(C)SC. The van der Waals surface area contributed by atoms with Gasteiger partial charge in [-0.25, -0.2) is 14.7 Å². The molecule has 0 saturated heterocycles. The fourth-order valence-electron chi connectivity index (χ4n) is 1.97. The van der Waals surface area contributed by atoms with Gasteiger partial charge in [-0.15, -0.1) is 0 Å². The van der Waals surface area contributed by atoms with E-state index in [1.807, 2.05) is 36.2 Å². The highest BCUT2D eigenvalue weighted by molar-refractivity contribution is 7.99. The van der Waals surface area contributed by atoms with Crippen LogP contribution in [0.2, 0.25) is 0 Å². The Morgan fingerprint density at radius 1 is 1.33 bits per heavy atom. The van der Waals surface area contributed by atoms with E-state index in [1.165, 1.54) is 0 Å². The predicted octanol–water partition coefficient (Wildman–Crippen LogP) is 2.46. The average Bonchev–Trinajstić information content (AvgIpc) is 3.12. The van der Waals surface area contributed by atoms with E-state index in [4.69, 9.17) is 0 Å². The second kappa shape index (κ2) is 8.73. The largest absolute Gasteiger partial charge is 0.357 e. The Morgan fingerprint density at radius 3 is 2.83 bits per heavy atom. The number of hydrogen-bond donors (Lipinski definition) is 2. The van der Waals surface area contributed by atoms with Crippen LogP contribution in [0, 0.1) is 0 Å². The zero-order chi connectivity index (χ0) is 17.4. The molecule has 2 heterocycles. The molecule has 0 spiro atoms. The summed E-state index contributed by atoms with van der Waals surface area (Å²) >= 11 is 1.84. The maximum absolute atomic E-state index is 4.67. The topological polar surface area (TPSA) is 67.1 Å². The zero-order valence-electron chi connectivity index (χ0n) is 14.8. The smallest absolute Gasteiger partial charge is 0.191 e. The van der Waals surface area contributed by atoms with Gasteiger partial charge in [0.15, 0.2) is 11.8 Å². The van der Waals surface area contributed by atoms with Crippen LogP contribution in [0.4, 0.5) is 0 Å². The molecule has 0 aliphatic rings. The second-order valence-corrected chi connectivity index (χ2v) is 7.50. The highest BCUT2D eigenvalue weighted by atomic mass is 32.2. The van der Waals surface area contributed by atoms with E-state index in [1.54, 1.807) is 17.1 Å². The lowest BCUT2D eigenvalue weighted by atomic mass is 10.2. The summed E-state index contributed by atoms with van der Waals surface area (Å²) in [5.74, 6) is 1.63. The average molecular weight is 347 g/mol. The molecule has 2 aromatic rings. The molecule has 0 radical (unpaired) electrons. The highest BCUT2D eigenvalue weighted by Crippen LogP contribution is 2.19. The summed E-state index contributed by atoms with van der Waals surface area (Å²) in [6.07, 6.45) is 7.54. The van der Waals surface area contributed by atoms with E-state index in [-0.39, 0.29) is 4.75 Å². The quantitative estimate of drug-likeness (QED) is 0.595. The molecular formula is C17H26N6S. The van der Waals surface area contributed by atoms with Crippen LogP contribution >= 0.6 is 11.8 Å². The summed E-state index contributed by atoms with van der Waals surface area (Å²) in [7, 11) is 0. The van der Waals surface area contributed by atoms with Crippen LogP contribution in [0.25, 0.3) is 5.82 Å². The first-order valence-corrected chi connectivity index (χ1v) is 9.29. The first kappa shape index (κ1) is 18.3. The minimum atomic E-state index is 0.167. The minimum absolute atomic E-state index is 0.167. The lowest BCUT2D eigenvalue weighted by Crippen LogP contribution is -2.43. The Morgan fingerprint density at radius 2 is 2.17 bits per heavy atom. The van der Waals surface area contributed by atoms with Crippen LogP contribution < -0.4 is 10.6 Å². The van der Waals surface area contributed by atoms with Crippen molar-refractivity contribution in [2.45, 2.75) is 32.1 Å². The molecule has 2 aromatic heterocycles. The Labute approximate surface area is 148 Å². The lowest BCUT2D eigenvalue weighted by molar-refractivity contribution is 0.665. The normalized spacial score (nSPS) is 12.2. The Bertz CT molecular complexity index is 651. The van der Waals surface area contributed by atoms with Gasteiger partial charge in [-0.1, -0.05) is 0 Å². The van der Waals surface area contributed by atoms with Gasteiger partial charge in [0, 0.05) is 36.4 Å². The van der Waals surface area contributed by atoms with Crippen molar-refractivity contribution in [1.82, 2.24) is 25.4 Å². The van der Waals surface area contributed by atoms with Crippen molar-refractivity contribution < 1.29 is 0 Å². The molecule has 0 fully saturated rings. The number of aromatic nitrogens is 3. The minimum Gasteiger partial charge on any atom is -0.357 e. The number of guanidine groups is 1. The molecule has 2 N–H and O–H groups in total. The predicted molar refractivity (Wildman–Crippen MR) is 102 cm³/mol. The molecule has 0 bridgehead atoms. The molecule has 0 aliphatic carbocycles. The Kier molecular flexibility index (Phi) is 6.66. The fourth-order valence-corrected chi connectivity index (χ4v) is 2.19. The number of rotatable bonds is 7. The number of hydrogen-bond acceptors (Lipinski definition) is 4. The molecule has 0 aromatic carbocycles. The Hall–Kier alpha value is -2.02. The van der Waals surface area contributed by atoms with Crippen LogP contribution in [0.1, 0.15) is 26.3 Å². The van der Waals surface area contributed by atoms with Crippen LogP contribution in [-0.4, -0.2) is 44.8 Å².